The van der Waals surface area contributed by atoms with Crippen LogP contribution in [0.3, 0.4) is 0 Å². The first-order valence-corrected chi connectivity index (χ1v) is 5.02. The lowest BCUT2D eigenvalue weighted by molar-refractivity contribution is 0.230. The fourth-order valence-corrected chi connectivity index (χ4v) is 1.47. The van der Waals surface area contributed by atoms with Crippen LogP contribution in [0.15, 0.2) is 18.3 Å². The zero-order valence-electron chi connectivity index (χ0n) is 8.53. The number of hydrogen-bond donors (Lipinski definition) is 1. The molecule has 1 N–H and O–H groups in total. The smallest absolute Gasteiger partial charge is 0.0456 e. The van der Waals surface area contributed by atoms with Crippen molar-refractivity contribution in [2.24, 2.45) is 5.92 Å². The van der Waals surface area contributed by atoms with Gasteiger partial charge in [0.25, 0.3) is 0 Å². The van der Waals surface area contributed by atoms with Gasteiger partial charge in [-0.1, -0.05) is 6.92 Å². The summed E-state index contributed by atoms with van der Waals surface area (Å²) in [5.74, 6) is 0.417. The van der Waals surface area contributed by atoms with Crippen LogP contribution in [0.5, 0.6) is 0 Å². The first kappa shape index (κ1) is 10.3. The minimum absolute atomic E-state index is 0.298. The monoisotopic (exact) mass is 181 g/mol. The lowest BCUT2D eigenvalue weighted by atomic mass is 10.1. The minimum Gasteiger partial charge on any atom is -0.396 e. The van der Waals surface area contributed by atoms with Gasteiger partial charge < -0.3 is 9.67 Å². The van der Waals surface area contributed by atoms with Gasteiger partial charge in [-0.05, 0) is 37.8 Å². The van der Waals surface area contributed by atoms with Crippen molar-refractivity contribution >= 4 is 0 Å². The molecule has 0 aromatic carbocycles. The number of hydrogen-bond acceptors (Lipinski definition) is 1. The molecular formula is C11H19NO. The molecule has 1 atom stereocenters. The maximum Gasteiger partial charge on any atom is 0.0456 e. The Kier molecular flexibility index (Phi) is 4.03. The zero-order valence-corrected chi connectivity index (χ0v) is 8.53. The highest BCUT2D eigenvalue weighted by Gasteiger charge is 2.03. The van der Waals surface area contributed by atoms with E-state index >= 15 is 0 Å². The number of aliphatic hydroxyl groups is 1. The number of nitrogens with zero attached hydrogens (tertiary/aromatic N) is 1. The molecule has 2 nitrogen and oxygen atoms in total. The maximum atomic E-state index is 8.88. The van der Waals surface area contributed by atoms with Crippen molar-refractivity contribution in [2.45, 2.75) is 33.2 Å². The quantitative estimate of drug-likeness (QED) is 0.739. The van der Waals surface area contributed by atoms with Crippen molar-refractivity contribution in [1.82, 2.24) is 4.57 Å². The Balaban J connectivity index is 2.44. The average molecular weight is 181 g/mol. The van der Waals surface area contributed by atoms with E-state index in [2.05, 4.69) is 36.7 Å². The third-order valence-corrected chi connectivity index (χ3v) is 2.47. The van der Waals surface area contributed by atoms with E-state index in [0.717, 1.165) is 19.4 Å². The molecule has 0 saturated carbocycles. The van der Waals surface area contributed by atoms with Gasteiger partial charge >= 0.3 is 0 Å². The Morgan fingerprint density at radius 1 is 1.54 bits per heavy atom. The van der Waals surface area contributed by atoms with Gasteiger partial charge in [0.05, 0.1) is 0 Å². The normalized spacial score (nSPS) is 13.2. The summed E-state index contributed by atoms with van der Waals surface area (Å²) in [7, 11) is 0. The van der Waals surface area contributed by atoms with Crippen LogP contribution in [-0.2, 0) is 13.0 Å². The van der Waals surface area contributed by atoms with Crippen LogP contribution in [0.1, 0.15) is 26.0 Å². The van der Waals surface area contributed by atoms with Crippen LogP contribution >= 0.6 is 0 Å². The molecule has 0 aliphatic heterocycles. The summed E-state index contributed by atoms with van der Waals surface area (Å²) >= 11 is 0. The molecule has 1 aromatic rings. The largest absolute Gasteiger partial charge is 0.396 e. The molecule has 1 aromatic heterocycles. The second kappa shape index (κ2) is 5.07. The van der Waals surface area contributed by atoms with Crippen molar-refractivity contribution in [3.63, 3.8) is 0 Å². The predicted octanol–water partition coefficient (Wildman–Crippen LogP) is 2.07. The second-order valence-corrected chi connectivity index (χ2v) is 3.61. The van der Waals surface area contributed by atoms with Crippen LogP contribution in [0.2, 0.25) is 0 Å². The van der Waals surface area contributed by atoms with Crippen LogP contribution in [0, 0.1) is 5.92 Å². The summed E-state index contributed by atoms with van der Waals surface area (Å²) in [5, 5.41) is 8.88. The number of aliphatic hydroxyl groups excluding tert-OH is 1. The summed E-state index contributed by atoms with van der Waals surface area (Å²) in [6.45, 7) is 5.57. The Bertz CT molecular complexity index is 242. The lowest BCUT2D eigenvalue weighted by Crippen LogP contribution is -2.05. The van der Waals surface area contributed by atoms with E-state index in [-0.39, 0.29) is 0 Å². The summed E-state index contributed by atoms with van der Waals surface area (Å²) in [5.41, 5.74) is 1.38. The molecule has 0 amide bonds. The van der Waals surface area contributed by atoms with Gasteiger partial charge in [-0.3, -0.25) is 0 Å². The number of aryl methyl sites for hydroxylation is 2. The molecule has 1 rings (SSSR count). The fourth-order valence-electron chi connectivity index (χ4n) is 1.47. The summed E-state index contributed by atoms with van der Waals surface area (Å²) in [4.78, 5) is 0. The van der Waals surface area contributed by atoms with Gasteiger partial charge in [0.2, 0.25) is 0 Å². The van der Waals surface area contributed by atoms with Gasteiger partial charge in [0.15, 0.2) is 0 Å². The highest BCUT2D eigenvalue weighted by molar-refractivity contribution is 5.07. The molecule has 1 unspecified atom stereocenters. The first-order valence-electron chi connectivity index (χ1n) is 5.02. The minimum atomic E-state index is 0.298. The highest BCUT2D eigenvalue weighted by Crippen LogP contribution is 2.10. The zero-order chi connectivity index (χ0) is 9.68. The number of aromatic nitrogens is 1. The van der Waals surface area contributed by atoms with Crippen LogP contribution in [-0.4, -0.2) is 16.3 Å². The molecular weight excluding hydrogens is 162 g/mol. The van der Waals surface area contributed by atoms with E-state index in [1.165, 1.54) is 5.69 Å². The highest BCUT2D eigenvalue weighted by atomic mass is 16.3. The molecule has 0 aliphatic rings. The van der Waals surface area contributed by atoms with Gasteiger partial charge in [-0.15, -0.1) is 0 Å². The van der Waals surface area contributed by atoms with Crippen molar-refractivity contribution < 1.29 is 5.11 Å². The van der Waals surface area contributed by atoms with Crippen LogP contribution < -0.4 is 0 Å². The van der Waals surface area contributed by atoms with Gasteiger partial charge in [-0.2, -0.15) is 0 Å². The molecule has 0 radical (unpaired) electrons. The molecule has 0 fully saturated rings. The Labute approximate surface area is 80.2 Å². The molecule has 2 heteroatoms. The van der Waals surface area contributed by atoms with E-state index in [0.29, 0.717) is 12.5 Å². The maximum absolute atomic E-state index is 8.88. The van der Waals surface area contributed by atoms with Crippen molar-refractivity contribution in [1.29, 1.82) is 0 Å². The first-order chi connectivity index (χ1) is 6.27. The fraction of sp³-hybridized carbons (Fsp3) is 0.636. The van der Waals surface area contributed by atoms with Crippen molar-refractivity contribution in [2.75, 3.05) is 6.61 Å². The molecule has 74 valence electrons. The van der Waals surface area contributed by atoms with Gasteiger partial charge in [-0.25, -0.2) is 0 Å². The van der Waals surface area contributed by atoms with Gasteiger partial charge in [0, 0.05) is 25.0 Å². The summed E-state index contributed by atoms with van der Waals surface area (Å²) < 4.78 is 2.25. The third-order valence-electron chi connectivity index (χ3n) is 2.47. The molecule has 13 heavy (non-hydrogen) atoms. The molecule has 0 bridgehead atoms. The van der Waals surface area contributed by atoms with E-state index in [4.69, 9.17) is 5.11 Å². The average Bonchev–Trinajstić information content (AvgIpc) is 2.61. The third kappa shape index (κ3) is 2.88. The summed E-state index contributed by atoms with van der Waals surface area (Å²) in [6, 6.07) is 4.25. The van der Waals surface area contributed by atoms with Gasteiger partial charge in [0.1, 0.15) is 0 Å². The SMILES string of the molecule is CCn1cccc1CCC(C)CO. The molecule has 1 heterocycles. The van der Waals surface area contributed by atoms with Crippen LogP contribution in [0.25, 0.3) is 0 Å². The Hall–Kier alpha value is -0.760. The van der Waals surface area contributed by atoms with E-state index in [1.807, 2.05) is 0 Å². The topological polar surface area (TPSA) is 25.2 Å². The van der Waals surface area contributed by atoms with Crippen LogP contribution in [0.4, 0.5) is 0 Å². The van der Waals surface area contributed by atoms with Crippen molar-refractivity contribution in [3.8, 4) is 0 Å². The lowest BCUT2D eigenvalue weighted by Gasteiger charge is -2.09. The standard InChI is InChI=1S/C11H19NO/c1-3-12-8-4-5-11(12)7-6-10(2)9-13/h4-5,8,10,13H,3,6-7,9H2,1-2H3. The Morgan fingerprint density at radius 3 is 2.92 bits per heavy atom. The van der Waals surface area contributed by atoms with Crippen molar-refractivity contribution in [3.05, 3.63) is 24.0 Å². The second-order valence-electron chi connectivity index (χ2n) is 3.61. The molecule has 0 aliphatic carbocycles. The molecule has 0 spiro atoms. The predicted molar refractivity (Wildman–Crippen MR) is 54.7 cm³/mol. The van der Waals surface area contributed by atoms with E-state index in [1.54, 1.807) is 0 Å². The Morgan fingerprint density at radius 2 is 2.31 bits per heavy atom. The molecule has 0 saturated heterocycles. The van der Waals surface area contributed by atoms with E-state index in [9.17, 15) is 0 Å². The van der Waals surface area contributed by atoms with E-state index < -0.39 is 0 Å². The summed E-state index contributed by atoms with van der Waals surface area (Å²) in [6.07, 6.45) is 4.25. The number of rotatable bonds is 5.